The van der Waals surface area contributed by atoms with E-state index in [4.69, 9.17) is 4.74 Å². The SMILES string of the molecule is CCCCOc1ccc2ccccc2c1/C=N\Nc1ccc([N+](=O)[O-])cn1. The Morgan fingerprint density at radius 3 is 2.81 bits per heavy atom. The van der Waals surface area contributed by atoms with E-state index >= 15 is 0 Å². The summed E-state index contributed by atoms with van der Waals surface area (Å²) in [6.45, 7) is 2.76. The topological polar surface area (TPSA) is 89.6 Å². The van der Waals surface area contributed by atoms with Gasteiger partial charge in [0.2, 0.25) is 0 Å². The van der Waals surface area contributed by atoms with Crippen LogP contribution in [0.5, 0.6) is 5.75 Å². The predicted octanol–water partition coefficient (Wildman–Crippen LogP) is 4.77. The van der Waals surface area contributed by atoms with E-state index in [0.29, 0.717) is 12.4 Å². The van der Waals surface area contributed by atoms with Crippen LogP contribution in [0.15, 0.2) is 59.8 Å². The normalized spacial score (nSPS) is 11.0. The van der Waals surface area contributed by atoms with E-state index in [1.165, 1.54) is 18.3 Å². The van der Waals surface area contributed by atoms with Gasteiger partial charge in [-0.15, -0.1) is 0 Å². The molecule has 0 amide bonds. The number of benzene rings is 2. The van der Waals surface area contributed by atoms with Crippen LogP contribution in [0.4, 0.5) is 11.5 Å². The second-order valence-corrected chi connectivity index (χ2v) is 5.93. The molecule has 3 aromatic rings. The van der Waals surface area contributed by atoms with Gasteiger partial charge in [0.15, 0.2) is 0 Å². The zero-order chi connectivity index (χ0) is 19.1. The predicted molar refractivity (Wildman–Crippen MR) is 106 cm³/mol. The van der Waals surface area contributed by atoms with E-state index in [9.17, 15) is 10.1 Å². The van der Waals surface area contributed by atoms with Gasteiger partial charge >= 0.3 is 0 Å². The first-order valence-corrected chi connectivity index (χ1v) is 8.73. The van der Waals surface area contributed by atoms with Crippen LogP contribution in [0.1, 0.15) is 25.3 Å². The molecule has 0 fully saturated rings. The lowest BCUT2D eigenvalue weighted by Crippen LogP contribution is -2.01. The number of anilines is 1. The van der Waals surface area contributed by atoms with Gasteiger partial charge < -0.3 is 4.74 Å². The molecule has 7 nitrogen and oxygen atoms in total. The van der Waals surface area contributed by atoms with Crippen LogP contribution >= 0.6 is 0 Å². The number of ether oxygens (including phenoxy) is 1. The molecule has 1 heterocycles. The molecule has 138 valence electrons. The Kier molecular flexibility index (Phi) is 5.94. The van der Waals surface area contributed by atoms with Crippen molar-refractivity contribution >= 4 is 28.5 Å². The molecule has 0 bridgehead atoms. The van der Waals surface area contributed by atoms with Gasteiger partial charge in [0.25, 0.3) is 5.69 Å². The number of hydrogen-bond donors (Lipinski definition) is 1. The number of hydrazone groups is 1. The maximum Gasteiger partial charge on any atom is 0.287 e. The number of unbranched alkanes of at least 4 members (excludes halogenated alkanes) is 1. The molecular formula is C20H20N4O3. The number of nitrogens with zero attached hydrogens (tertiary/aromatic N) is 3. The number of hydrogen-bond acceptors (Lipinski definition) is 6. The van der Waals surface area contributed by atoms with Crippen LogP contribution in [0.3, 0.4) is 0 Å². The Morgan fingerprint density at radius 1 is 1.22 bits per heavy atom. The first-order valence-electron chi connectivity index (χ1n) is 8.73. The Labute approximate surface area is 156 Å². The Hall–Kier alpha value is -3.48. The number of nitrogens with one attached hydrogen (secondary N) is 1. The minimum atomic E-state index is -0.490. The summed E-state index contributed by atoms with van der Waals surface area (Å²) in [6.07, 6.45) is 4.92. The van der Waals surface area contributed by atoms with Crippen molar-refractivity contribution in [3.8, 4) is 5.75 Å². The minimum absolute atomic E-state index is 0.0646. The van der Waals surface area contributed by atoms with E-state index in [2.05, 4.69) is 22.4 Å². The van der Waals surface area contributed by atoms with Gasteiger partial charge in [-0.25, -0.2) is 4.98 Å². The first-order chi connectivity index (χ1) is 13.2. The van der Waals surface area contributed by atoms with Crippen molar-refractivity contribution < 1.29 is 9.66 Å². The maximum atomic E-state index is 10.7. The van der Waals surface area contributed by atoms with E-state index in [1.807, 2.05) is 36.4 Å². The summed E-state index contributed by atoms with van der Waals surface area (Å²) < 4.78 is 5.92. The van der Waals surface area contributed by atoms with Gasteiger partial charge in [-0.05, 0) is 29.3 Å². The van der Waals surface area contributed by atoms with Gasteiger partial charge in [-0.2, -0.15) is 5.10 Å². The molecule has 0 radical (unpaired) electrons. The summed E-state index contributed by atoms with van der Waals surface area (Å²) in [5, 5.41) is 17.0. The van der Waals surface area contributed by atoms with Gasteiger partial charge in [0.1, 0.15) is 17.8 Å². The van der Waals surface area contributed by atoms with Crippen molar-refractivity contribution in [2.24, 2.45) is 5.10 Å². The van der Waals surface area contributed by atoms with E-state index in [0.717, 1.165) is 34.9 Å². The van der Waals surface area contributed by atoms with Crippen LogP contribution in [-0.4, -0.2) is 22.7 Å². The molecule has 2 aromatic carbocycles. The highest BCUT2D eigenvalue weighted by molar-refractivity contribution is 6.02. The van der Waals surface area contributed by atoms with Gasteiger partial charge in [0, 0.05) is 11.6 Å². The molecule has 3 rings (SSSR count). The fraction of sp³-hybridized carbons (Fsp3) is 0.200. The van der Waals surface area contributed by atoms with Gasteiger partial charge in [0.05, 0.1) is 17.7 Å². The molecule has 0 unspecified atom stereocenters. The fourth-order valence-electron chi connectivity index (χ4n) is 2.58. The number of aromatic nitrogens is 1. The lowest BCUT2D eigenvalue weighted by Gasteiger charge is -2.11. The Balaban J connectivity index is 1.83. The van der Waals surface area contributed by atoms with Gasteiger partial charge in [-0.1, -0.05) is 43.7 Å². The highest BCUT2D eigenvalue weighted by Gasteiger charge is 2.08. The fourth-order valence-corrected chi connectivity index (χ4v) is 2.58. The maximum absolute atomic E-state index is 10.7. The van der Waals surface area contributed by atoms with Crippen molar-refractivity contribution in [2.45, 2.75) is 19.8 Å². The average molecular weight is 364 g/mol. The average Bonchev–Trinajstić information content (AvgIpc) is 2.69. The standard InChI is InChI=1S/C20H20N4O3/c1-2-3-12-27-19-10-8-15-6-4-5-7-17(15)18(19)14-22-23-20-11-9-16(13-21-20)24(25)26/h4-11,13-14H,2-3,12H2,1H3,(H,21,23)/b22-14-. The number of nitro groups is 1. The summed E-state index contributed by atoms with van der Waals surface area (Å²) >= 11 is 0. The van der Waals surface area contributed by atoms with Crippen LogP contribution in [0, 0.1) is 10.1 Å². The third-order valence-corrected chi connectivity index (χ3v) is 4.02. The lowest BCUT2D eigenvalue weighted by molar-refractivity contribution is -0.385. The molecule has 0 aliphatic carbocycles. The highest BCUT2D eigenvalue weighted by Crippen LogP contribution is 2.27. The van der Waals surface area contributed by atoms with Crippen LogP contribution in [0.2, 0.25) is 0 Å². The molecule has 0 spiro atoms. The largest absolute Gasteiger partial charge is 0.493 e. The lowest BCUT2D eigenvalue weighted by atomic mass is 10.0. The van der Waals surface area contributed by atoms with E-state index in [1.54, 1.807) is 6.21 Å². The minimum Gasteiger partial charge on any atom is -0.493 e. The van der Waals surface area contributed by atoms with E-state index < -0.39 is 4.92 Å². The van der Waals surface area contributed by atoms with Crippen molar-refractivity contribution in [1.82, 2.24) is 4.98 Å². The van der Waals surface area contributed by atoms with Gasteiger partial charge in [-0.3, -0.25) is 15.5 Å². The van der Waals surface area contributed by atoms with E-state index in [-0.39, 0.29) is 5.69 Å². The molecule has 1 aromatic heterocycles. The smallest absolute Gasteiger partial charge is 0.287 e. The Morgan fingerprint density at radius 2 is 2.07 bits per heavy atom. The molecule has 0 saturated heterocycles. The number of fused-ring (bicyclic) bond motifs is 1. The molecule has 7 heteroatoms. The molecule has 1 N–H and O–H groups in total. The second kappa shape index (κ2) is 8.75. The summed E-state index contributed by atoms with van der Waals surface area (Å²) in [5.74, 6) is 1.19. The van der Waals surface area contributed by atoms with Crippen molar-refractivity contribution in [3.63, 3.8) is 0 Å². The monoisotopic (exact) mass is 364 g/mol. The third kappa shape index (κ3) is 4.58. The molecule has 0 atom stereocenters. The second-order valence-electron chi connectivity index (χ2n) is 5.93. The zero-order valence-electron chi connectivity index (χ0n) is 15.0. The summed E-state index contributed by atoms with van der Waals surface area (Å²) in [4.78, 5) is 14.2. The Bertz CT molecular complexity index is 955. The number of pyridine rings is 1. The number of rotatable bonds is 8. The van der Waals surface area contributed by atoms with Crippen molar-refractivity contribution in [1.29, 1.82) is 0 Å². The van der Waals surface area contributed by atoms with Crippen molar-refractivity contribution in [3.05, 3.63) is 70.4 Å². The molecular weight excluding hydrogens is 344 g/mol. The molecule has 0 saturated carbocycles. The summed E-state index contributed by atoms with van der Waals surface area (Å²) in [7, 11) is 0. The summed E-state index contributed by atoms with van der Waals surface area (Å²) in [5.41, 5.74) is 3.61. The van der Waals surface area contributed by atoms with Crippen LogP contribution < -0.4 is 10.2 Å². The highest BCUT2D eigenvalue weighted by atomic mass is 16.6. The summed E-state index contributed by atoms with van der Waals surface area (Å²) in [6, 6.07) is 14.9. The quantitative estimate of drug-likeness (QED) is 0.269. The van der Waals surface area contributed by atoms with Crippen LogP contribution in [-0.2, 0) is 0 Å². The molecule has 27 heavy (non-hydrogen) atoms. The zero-order valence-corrected chi connectivity index (χ0v) is 15.0. The van der Waals surface area contributed by atoms with Crippen LogP contribution in [0.25, 0.3) is 10.8 Å². The first kappa shape index (κ1) is 18.3. The molecule has 0 aliphatic rings. The third-order valence-electron chi connectivity index (χ3n) is 4.02. The van der Waals surface area contributed by atoms with Crippen molar-refractivity contribution in [2.75, 3.05) is 12.0 Å². The molecule has 0 aliphatic heterocycles.